The van der Waals surface area contributed by atoms with Gasteiger partial charge in [-0.15, -0.1) is 0 Å². The summed E-state index contributed by atoms with van der Waals surface area (Å²) >= 11 is 0. The number of halogens is 1. The third-order valence-corrected chi connectivity index (χ3v) is 2.76. The molecule has 0 fully saturated rings. The molecule has 0 aliphatic rings. The maximum atomic E-state index is 13.1. The van der Waals surface area contributed by atoms with Gasteiger partial charge in [-0.1, -0.05) is 12.1 Å². The molecular formula is C16H21FN2O5. The Morgan fingerprint density at radius 3 is 2.25 bits per heavy atom. The molecule has 0 aliphatic heterocycles. The molecular weight excluding hydrogens is 319 g/mol. The van der Waals surface area contributed by atoms with E-state index in [-0.39, 0.29) is 6.54 Å². The number of hydrogen-bond donors (Lipinski definition) is 2. The number of carbonyl (C=O) groups excluding carboxylic acids is 3. The van der Waals surface area contributed by atoms with E-state index in [1.807, 2.05) is 0 Å². The highest BCUT2D eigenvalue weighted by Crippen LogP contribution is 2.16. The molecule has 1 aromatic carbocycles. The number of amides is 2. The molecule has 1 atom stereocenters. The van der Waals surface area contributed by atoms with Gasteiger partial charge in [0.1, 0.15) is 24.0 Å². The van der Waals surface area contributed by atoms with Crippen LogP contribution in [0.4, 0.5) is 9.18 Å². The number of esters is 1. The predicted octanol–water partition coefficient (Wildman–Crippen LogP) is 1.68. The van der Waals surface area contributed by atoms with Crippen molar-refractivity contribution in [2.24, 2.45) is 0 Å². The molecule has 0 spiro atoms. The van der Waals surface area contributed by atoms with Crippen LogP contribution in [0.3, 0.4) is 0 Å². The van der Waals surface area contributed by atoms with E-state index in [1.54, 1.807) is 20.8 Å². The molecule has 0 saturated heterocycles. The van der Waals surface area contributed by atoms with Gasteiger partial charge in [-0.25, -0.2) is 9.18 Å². The Labute approximate surface area is 139 Å². The molecule has 2 amide bonds. The zero-order valence-corrected chi connectivity index (χ0v) is 14.0. The summed E-state index contributed by atoms with van der Waals surface area (Å²) in [6, 6.07) is 3.88. The van der Waals surface area contributed by atoms with Crippen molar-refractivity contribution in [1.82, 2.24) is 10.6 Å². The monoisotopic (exact) mass is 340 g/mol. The lowest BCUT2D eigenvalue weighted by Gasteiger charge is -2.23. The lowest BCUT2D eigenvalue weighted by atomic mass is 10.1. The lowest BCUT2D eigenvalue weighted by Crippen LogP contribution is -2.43. The maximum absolute atomic E-state index is 13.1. The van der Waals surface area contributed by atoms with Gasteiger partial charge in [0.15, 0.2) is 0 Å². The summed E-state index contributed by atoms with van der Waals surface area (Å²) in [7, 11) is 1.19. The van der Waals surface area contributed by atoms with Crippen molar-refractivity contribution in [3.63, 3.8) is 0 Å². The summed E-state index contributed by atoms with van der Waals surface area (Å²) in [6.45, 7) is 4.67. The van der Waals surface area contributed by atoms with Gasteiger partial charge in [-0.3, -0.25) is 9.59 Å². The van der Waals surface area contributed by atoms with Gasteiger partial charge in [0, 0.05) is 0 Å². The Hall–Kier alpha value is -2.64. The van der Waals surface area contributed by atoms with Crippen molar-refractivity contribution in [3.8, 4) is 0 Å². The van der Waals surface area contributed by atoms with E-state index >= 15 is 0 Å². The molecule has 24 heavy (non-hydrogen) atoms. The van der Waals surface area contributed by atoms with Gasteiger partial charge in [-0.05, 0) is 38.5 Å². The highest BCUT2D eigenvalue weighted by atomic mass is 19.1. The molecule has 7 nitrogen and oxygen atoms in total. The van der Waals surface area contributed by atoms with Crippen molar-refractivity contribution in [2.45, 2.75) is 32.4 Å². The quantitative estimate of drug-likeness (QED) is 0.796. The van der Waals surface area contributed by atoms with Crippen LogP contribution in [0.25, 0.3) is 0 Å². The second-order valence-corrected chi connectivity index (χ2v) is 5.92. The fourth-order valence-electron chi connectivity index (χ4n) is 1.71. The Kier molecular flexibility index (Phi) is 6.69. The molecule has 0 bridgehead atoms. The first-order valence-corrected chi connectivity index (χ1v) is 7.22. The van der Waals surface area contributed by atoms with Gasteiger partial charge < -0.3 is 20.1 Å². The van der Waals surface area contributed by atoms with E-state index in [9.17, 15) is 18.8 Å². The highest BCUT2D eigenvalue weighted by Gasteiger charge is 2.26. The van der Waals surface area contributed by atoms with Gasteiger partial charge in [0.05, 0.1) is 7.11 Å². The number of hydrogen-bond acceptors (Lipinski definition) is 5. The van der Waals surface area contributed by atoms with Crippen molar-refractivity contribution in [3.05, 3.63) is 35.6 Å². The number of alkyl carbamates (subject to hydrolysis) is 1. The van der Waals surface area contributed by atoms with Crippen molar-refractivity contribution in [1.29, 1.82) is 0 Å². The number of benzene rings is 1. The van der Waals surface area contributed by atoms with Gasteiger partial charge >= 0.3 is 12.1 Å². The smallest absolute Gasteiger partial charge is 0.408 e. The van der Waals surface area contributed by atoms with Crippen LogP contribution in [0, 0.1) is 5.82 Å². The zero-order chi connectivity index (χ0) is 18.3. The second-order valence-electron chi connectivity index (χ2n) is 5.92. The minimum Gasteiger partial charge on any atom is -0.468 e. The number of rotatable bonds is 5. The fourth-order valence-corrected chi connectivity index (χ4v) is 1.71. The Morgan fingerprint density at radius 1 is 1.17 bits per heavy atom. The molecule has 132 valence electrons. The van der Waals surface area contributed by atoms with E-state index < -0.39 is 35.4 Å². The average Bonchev–Trinajstić information content (AvgIpc) is 2.49. The third-order valence-electron chi connectivity index (χ3n) is 2.76. The summed E-state index contributed by atoms with van der Waals surface area (Å²) in [4.78, 5) is 35.3. The second kappa shape index (κ2) is 8.28. The standard InChI is InChI=1S/C16H21FN2O5/c1-16(2,3)24-15(22)19-13(10-5-7-11(17)8-6-10)14(21)18-9-12(20)23-4/h5-8,13H,9H2,1-4H3,(H,18,21)(H,19,22)/t13-/m1/s1. The Balaban J connectivity index is 2.90. The van der Waals surface area contributed by atoms with E-state index in [2.05, 4.69) is 15.4 Å². The predicted molar refractivity (Wildman–Crippen MR) is 83.5 cm³/mol. The molecule has 1 rings (SSSR count). The highest BCUT2D eigenvalue weighted by molar-refractivity contribution is 5.89. The van der Waals surface area contributed by atoms with E-state index in [1.165, 1.54) is 19.2 Å². The molecule has 0 saturated carbocycles. The Bertz CT molecular complexity index is 595. The molecule has 0 unspecified atom stereocenters. The molecule has 1 aromatic rings. The van der Waals surface area contributed by atoms with Gasteiger partial charge in [0.2, 0.25) is 5.91 Å². The fraction of sp³-hybridized carbons (Fsp3) is 0.438. The molecule has 0 heterocycles. The summed E-state index contributed by atoms with van der Waals surface area (Å²) in [5.41, 5.74) is -0.412. The summed E-state index contributed by atoms with van der Waals surface area (Å²) in [5.74, 6) is -1.78. The van der Waals surface area contributed by atoms with Crippen LogP contribution in [-0.4, -0.2) is 37.2 Å². The first kappa shape index (κ1) is 19.4. The Morgan fingerprint density at radius 2 is 1.75 bits per heavy atom. The van der Waals surface area contributed by atoms with Crippen molar-refractivity contribution in [2.75, 3.05) is 13.7 Å². The van der Waals surface area contributed by atoms with E-state index in [0.29, 0.717) is 5.56 Å². The van der Waals surface area contributed by atoms with E-state index in [4.69, 9.17) is 4.74 Å². The summed E-state index contributed by atoms with van der Waals surface area (Å²) in [6.07, 6.45) is -0.815. The van der Waals surface area contributed by atoms with E-state index in [0.717, 1.165) is 12.1 Å². The van der Waals surface area contributed by atoms with Crippen LogP contribution in [0.2, 0.25) is 0 Å². The minimum absolute atomic E-state index is 0.338. The SMILES string of the molecule is COC(=O)CNC(=O)[C@H](NC(=O)OC(C)(C)C)c1ccc(F)cc1. The lowest BCUT2D eigenvalue weighted by molar-refractivity contribution is -0.141. The van der Waals surface area contributed by atoms with Crippen LogP contribution >= 0.6 is 0 Å². The molecule has 0 aliphatic carbocycles. The first-order valence-electron chi connectivity index (χ1n) is 7.22. The number of nitrogens with one attached hydrogen (secondary N) is 2. The average molecular weight is 340 g/mol. The molecule has 8 heteroatoms. The maximum Gasteiger partial charge on any atom is 0.408 e. The number of ether oxygens (including phenoxy) is 2. The molecule has 0 radical (unpaired) electrons. The molecule has 0 aromatic heterocycles. The first-order chi connectivity index (χ1) is 11.1. The van der Waals surface area contributed by atoms with Crippen LogP contribution in [-0.2, 0) is 19.1 Å². The largest absolute Gasteiger partial charge is 0.468 e. The zero-order valence-electron chi connectivity index (χ0n) is 14.0. The summed E-state index contributed by atoms with van der Waals surface area (Å²) < 4.78 is 22.6. The topological polar surface area (TPSA) is 93.7 Å². The number of carbonyl (C=O) groups is 3. The summed E-state index contributed by atoms with van der Waals surface area (Å²) in [5, 5.41) is 4.74. The normalized spacial score (nSPS) is 12.0. The number of methoxy groups -OCH3 is 1. The van der Waals surface area contributed by atoms with Gasteiger partial charge in [-0.2, -0.15) is 0 Å². The van der Waals surface area contributed by atoms with Crippen molar-refractivity contribution < 1.29 is 28.2 Å². The minimum atomic E-state index is -1.15. The van der Waals surface area contributed by atoms with Crippen LogP contribution in [0.1, 0.15) is 32.4 Å². The van der Waals surface area contributed by atoms with Crippen LogP contribution < -0.4 is 10.6 Å². The van der Waals surface area contributed by atoms with Crippen LogP contribution in [0.15, 0.2) is 24.3 Å². The van der Waals surface area contributed by atoms with Gasteiger partial charge in [0.25, 0.3) is 0 Å². The van der Waals surface area contributed by atoms with Crippen LogP contribution in [0.5, 0.6) is 0 Å². The third kappa shape index (κ3) is 6.64. The molecule has 2 N–H and O–H groups in total. The van der Waals surface area contributed by atoms with Crippen molar-refractivity contribution >= 4 is 18.0 Å².